The topological polar surface area (TPSA) is 55.1 Å². The molecule has 118 valence electrons. The number of carbonyl (C=O) groups excluding carboxylic acids is 1. The van der Waals surface area contributed by atoms with Crippen LogP contribution in [-0.4, -0.2) is 18.0 Å². The van der Waals surface area contributed by atoms with Gasteiger partial charge in [-0.3, -0.25) is 4.79 Å². The number of carbonyl (C=O) groups is 1. The normalized spacial score (nSPS) is 13.9. The second kappa shape index (κ2) is 6.47. The minimum Gasteiger partial charge on any atom is -0.350 e. The van der Waals surface area contributed by atoms with Crippen LogP contribution < -0.4 is 11.1 Å². The van der Waals surface area contributed by atoms with E-state index in [0.717, 1.165) is 12.1 Å². The molecule has 3 nitrogen and oxygen atoms in total. The number of halogens is 3. The van der Waals surface area contributed by atoms with Crippen molar-refractivity contribution in [3.63, 3.8) is 0 Å². The van der Waals surface area contributed by atoms with Crippen molar-refractivity contribution in [1.29, 1.82) is 0 Å². The summed E-state index contributed by atoms with van der Waals surface area (Å²) in [6, 6.07) is 4.89. The van der Waals surface area contributed by atoms with Gasteiger partial charge in [0.25, 0.3) is 0 Å². The maximum atomic E-state index is 12.5. The van der Waals surface area contributed by atoms with Gasteiger partial charge >= 0.3 is 6.18 Å². The van der Waals surface area contributed by atoms with Crippen molar-refractivity contribution in [1.82, 2.24) is 5.32 Å². The molecule has 0 saturated heterocycles. The number of benzene rings is 1. The third kappa shape index (κ3) is 5.38. The van der Waals surface area contributed by atoms with Gasteiger partial charge in [0.1, 0.15) is 0 Å². The Morgan fingerprint density at radius 3 is 2.19 bits per heavy atom. The van der Waals surface area contributed by atoms with E-state index in [-0.39, 0.29) is 18.2 Å². The predicted octanol–water partition coefficient (Wildman–Crippen LogP) is 3.05. The molecule has 1 unspecified atom stereocenters. The Morgan fingerprint density at radius 1 is 1.24 bits per heavy atom. The molecule has 1 atom stereocenters. The molecule has 1 aromatic rings. The minimum atomic E-state index is -4.34. The Morgan fingerprint density at radius 2 is 1.76 bits per heavy atom. The lowest BCUT2D eigenvalue weighted by Crippen LogP contribution is -2.49. The molecular formula is C15H21F3N2O. The van der Waals surface area contributed by atoms with Gasteiger partial charge in [0.05, 0.1) is 5.56 Å². The third-order valence-corrected chi connectivity index (χ3v) is 3.29. The van der Waals surface area contributed by atoms with Crippen molar-refractivity contribution in [2.75, 3.05) is 6.54 Å². The van der Waals surface area contributed by atoms with E-state index < -0.39 is 17.3 Å². The number of nitrogens with one attached hydrogen (secondary N) is 1. The summed E-state index contributed by atoms with van der Waals surface area (Å²) in [5.74, 6) is -0.335. The molecule has 0 bridgehead atoms. The highest BCUT2D eigenvalue weighted by atomic mass is 19.4. The van der Waals surface area contributed by atoms with Crippen molar-refractivity contribution in [2.45, 2.75) is 44.8 Å². The standard InChI is InChI=1S/C15H21F3N2O/c1-10(8-13(21)20-14(2,3)9-19)11-4-6-12(7-5-11)15(16,17)18/h4-7,10H,8-9,19H2,1-3H3,(H,20,21). The van der Waals surface area contributed by atoms with Crippen LogP contribution in [0.5, 0.6) is 0 Å². The van der Waals surface area contributed by atoms with Crippen LogP contribution in [0.2, 0.25) is 0 Å². The molecule has 0 aliphatic rings. The number of hydrogen-bond donors (Lipinski definition) is 2. The van der Waals surface area contributed by atoms with E-state index >= 15 is 0 Å². The second-order valence-electron chi connectivity index (χ2n) is 5.86. The van der Waals surface area contributed by atoms with Crippen LogP contribution in [0.3, 0.4) is 0 Å². The lowest BCUT2D eigenvalue weighted by Gasteiger charge is -2.25. The summed E-state index contributed by atoms with van der Waals surface area (Å²) >= 11 is 0. The fourth-order valence-corrected chi connectivity index (χ4v) is 1.88. The van der Waals surface area contributed by atoms with Crippen LogP contribution in [-0.2, 0) is 11.0 Å². The van der Waals surface area contributed by atoms with Crippen LogP contribution in [0.1, 0.15) is 44.2 Å². The Labute approximate surface area is 122 Å². The van der Waals surface area contributed by atoms with Crippen molar-refractivity contribution in [3.05, 3.63) is 35.4 Å². The van der Waals surface area contributed by atoms with Crippen LogP contribution in [0.15, 0.2) is 24.3 Å². The monoisotopic (exact) mass is 302 g/mol. The first-order valence-corrected chi connectivity index (χ1v) is 6.73. The second-order valence-corrected chi connectivity index (χ2v) is 5.86. The highest BCUT2D eigenvalue weighted by Crippen LogP contribution is 2.30. The predicted molar refractivity (Wildman–Crippen MR) is 75.8 cm³/mol. The SMILES string of the molecule is CC(CC(=O)NC(C)(C)CN)c1ccc(C(F)(F)F)cc1. The molecule has 21 heavy (non-hydrogen) atoms. The molecule has 3 N–H and O–H groups in total. The van der Waals surface area contributed by atoms with Crippen molar-refractivity contribution in [2.24, 2.45) is 5.73 Å². The first-order valence-electron chi connectivity index (χ1n) is 6.73. The summed E-state index contributed by atoms with van der Waals surface area (Å²) in [6.07, 6.45) is -4.14. The van der Waals surface area contributed by atoms with Gasteiger partial charge in [0.2, 0.25) is 5.91 Å². The van der Waals surface area contributed by atoms with Crippen molar-refractivity contribution < 1.29 is 18.0 Å². The first-order chi connectivity index (χ1) is 9.55. The Balaban J connectivity index is 2.68. The fourth-order valence-electron chi connectivity index (χ4n) is 1.88. The number of hydrogen-bond acceptors (Lipinski definition) is 2. The fraction of sp³-hybridized carbons (Fsp3) is 0.533. The molecule has 0 radical (unpaired) electrons. The van der Waals surface area contributed by atoms with Gasteiger partial charge in [-0.05, 0) is 37.5 Å². The van der Waals surface area contributed by atoms with E-state index in [0.29, 0.717) is 12.1 Å². The molecule has 0 heterocycles. The Kier molecular flexibility index (Phi) is 5.39. The Bertz CT molecular complexity index is 481. The van der Waals surface area contributed by atoms with Gasteiger partial charge in [-0.2, -0.15) is 13.2 Å². The zero-order chi connectivity index (χ0) is 16.3. The molecule has 0 spiro atoms. The van der Waals surface area contributed by atoms with Crippen LogP contribution in [0.25, 0.3) is 0 Å². The average Bonchev–Trinajstić information content (AvgIpc) is 2.37. The summed E-state index contributed by atoms with van der Waals surface area (Å²) in [4.78, 5) is 11.9. The number of alkyl halides is 3. The van der Waals surface area contributed by atoms with Gasteiger partial charge in [0, 0.05) is 18.5 Å². The summed E-state index contributed by atoms with van der Waals surface area (Å²) in [6.45, 7) is 5.74. The summed E-state index contributed by atoms with van der Waals surface area (Å²) in [7, 11) is 0. The average molecular weight is 302 g/mol. The van der Waals surface area contributed by atoms with E-state index in [1.54, 1.807) is 6.92 Å². The van der Waals surface area contributed by atoms with E-state index in [9.17, 15) is 18.0 Å². The number of rotatable bonds is 5. The zero-order valence-corrected chi connectivity index (χ0v) is 12.4. The van der Waals surface area contributed by atoms with E-state index in [1.165, 1.54) is 12.1 Å². The smallest absolute Gasteiger partial charge is 0.350 e. The molecule has 0 aliphatic carbocycles. The van der Waals surface area contributed by atoms with Gasteiger partial charge in [-0.15, -0.1) is 0 Å². The summed E-state index contributed by atoms with van der Waals surface area (Å²) in [5, 5.41) is 2.80. The molecular weight excluding hydrogens is 281 g/mol. The number of nitrogens with two attached hydrogens (primary N) is 1. The summed E-state index contributed by atoms with van der Waals surface area (Å²) in [5.41, 5.74) is 5.05. The van der Waals surface area contributed by atoms with E-state index in [4.69, 9.17) is 5.73 Å². The highest BCUT2D eigenvalue weighted by molar-refractivity contribution is 5.77. The molecule has 1 rings (SSSR count). The van der Waals surface area contributed by atoms with Crippen LogP contribution >= 0.6 is 0 Å². The molecule has 0 saturated carbocycles. The maximum absolute atomic E-state index is 12.5. The van der Waals surface area contributed by atoms with E-state index in [2.05, 4.69) is 5.32 Å². The third-order valence-electron chi connectivity index (χ3n) is 3.29. The lowest BCUT2D eigenvalue weighted by atomic mass is 9.95. The zero-order valence-electron chi connectivity index (χ0n) is 12.4. The quantitative estimate of drug-likeness (QED) is 0.878. The summed E-state index contributed by atoms with van der Waals surface area (Å²) < 4.78 is 37.4. The molecule has 0 aliphatic heterocycles. The molecule has 0 aromatic heterocycles. The van der Waals surface area contributed by atoms with E-state index in [1.807, 2.05) is 13.8 Å². The van der Waals surface area contributed by atoms with Crippen molar-refractivity contribution >= 4 is 5.91 Å². The van der Waals surface area contributed by atoms with Crippen molar-refractivity contribution in [3.8, 4) is 0 Å². The van der Waals surface area contributed by atoms with Crippen LogP contribution in [0.4, 0.5) is 13.2 Å². The minimum absolute atomic E-state index is 0.166. The van der Waals surface area contributed by atoms with Crippen LogP contribution in [0, 0.1) is 0 Å². The Hall–Kier alpha value is -1.56. The molecule has 1 aromatic carbocycles. The molecule has 6 heteroatoms. The molecule has 0 fully saturated rings. The van der Waals surface area contributed by atoms with Gasteiger partial charge in [0.15, 0.2) is 0 Å². The first kappa shape index (κ1) is 17.5. The van der Waals surface area contributed by atoms with Gasteiger partial charge in [-0.25, -0.2) is 0 Å². The number of amides is 1. The molecule has 1 amide bonds. The highest BCUT2D eigenvalue weighted by Gasteiger charge is 2.30. The largest absolute Gasteiger partial charge is 0.416 e. The maximum Gasteiger partial charge on any atom is 0.416 e. The van der Waals surface area contributed by atoms with Gasteiger partial charge in [-0.1, -0.05) is 19.1 Å². The van der Waals surface area contributed by atoms with Gasteiger partial charge < -0.3 is 11.1 Å². The lowest BCUT2D eigenvalue weighted by molar-refractivity contribution is -0.137.